The van der Waals surface area contributed by atoms with Crippen LogP contribution >= 0.6 is 23.1 Å². The topological polar surface area (TPSA) is 97.2 Å². The molecule has 8 nitrogen and oxygen atoms in total. The van der Waals surface area contributed by atoms with Gasteiger partial charge in [-0.15, -0.1) is 21.5 Å². The van der Waals surface area contributed by atoms with Gasteiger partial charge in [-0.3, -0.25) is 4.79 Å². The van der Waals surface area contributed by atoms with E-state index in [9.17, 15) is 13.2 Å². The molecule has 154 valence electrons. The molecule has 3 aromatic rings. The molecular formula is C18H21N5O3S3. The lowest BCUT2D eigenvalue weighted by molar-refractivity contribution is -0.113. The SMILES string of the molecule is CCn1c(SCC(=O)Nc2ccc(S(=O)(=O)N(C)C)cc2)nnc1-c1cccs1. The zero-order chi connectivity index (χ0) is 21.0. The van der Waals surface area contributed by atoms with Crippen molar-refractivity contribution in [1.82, 2.24) is 19.1 Å². The summed E-state index contributed by atoms with van der Waals surface area (Å²) in [5.74, 6) is 0.755. The molecule has 2 aromatic heterocycles. The van der Waals surface area contributed by atoms with Crippen LogP contribution < -0.4 is 5.32 Å². The third kappa shape index (κ3) is 4.86. The molecule has 3 rings (SSSR count). The van der Waals surface area contributed by atoms with Gasteiger partial charge in [-0.2, -0.15) is 0 Å². The number of thioether (sulfide) groups is 1. The molecule has 0 radical (unpaired) electrons. The van der Waals surface area contributed by atoms with Gasteiger partial charge in [0.05, 0.1) is 15.5 Å². The fraction of sp³-hybridized carbons (Fsp3) is 0.278. The maximum atomic E-state index is 12.3. The number of anilines is 1. The highest BCUT2D eigenvalue weighted by Gasteiger charge is 2.17. The zero-order valence-electron chi connectivity index (χ0n) is 16.2. The summed E-state index contributed by atoms with van der Waals surface area (Å²) in [6.45, 7) is 2.71. The number of rotatable bonds is 8. The predicted molar refractivity (Wildman–Crippen MR) is 116 cm³/mol. The first kappa shape index (κ1) is 21.5. The molecule has 29 heavy (non-hydrogen) atoms. The van der Waals surface area contributed by atoms with Crippen LogP contribution in [0.1, 0.15) is 6.92 Å². The third-order valence-corrected chi connectivity index (χ3v) is 7.69. The van der Waals surface area contributed by atoms with Gasteiger partial charge in [-0.25, -0.2) is 12.7 Å². The normalized spacial score (nSPS) is 11.7. The Balaban J connectivity index is 1.62. The van der Waals surface area contributed by atoms with Crippen LogP contribution in [0.3, 0.4) is 0 Å². The van der Waals surface area contributed by atoms with E-state index in [2.05, 4.69) is 15.5 Å². The molecule has 0 bridgehead atoms. The fourth-order valence-electron chi connectivity index (χ4n) is 2.52. The average molecular weight is 452 g/mol. The van der Waals surface area contributed by atoms with Crippen LogP contribution in [-0.2, 0) is 21.4 Å². The Morgan fingerprint density at radius 1 is 1.21 bits per heavy atom. The van der Waals surface area contributed by atoms with E-state index in [1.807, 2.05) is 29.0 Å². The van der Waals surface area contributed by atoms with Crippen LogP contribution in [0.4, 0.5) is 5.69 Å². The van der Waals surface area contributed by atoms with Crippen LogP contribution in [0, 0.1) is 0 Å². The minimum atomic E-state index is -3.49. The Bertz CT molecular complexity index is 1070. The first-order chi connectivity index (χ1) is 13.8. The Labute approximate surface area is 178 Å². The zero-order valence-corrected chi connectivity index (χ0v) is 18.6. The molecule has 1 aromatic carbocycles. The lowest BCUT2D eigenvalue weighted by Gasteiger charge is -2.12. The number of nitrogens with one attached hydrogen (secondary N) is 1. The smallest absolute Gasteiger partial charge is 0.242 e. The fourth-order valence-corrected chi connectivity index (χ4v) is 4.94. The number of thiophene rings is 1. The molecule has 0 unspecified atom stereocenters. The van der Waals surface area contributed by atoms with Gasteiger partial charge in [0.1, 0.15) is 0 Å². The molecule has 0 saturated carbocycles. The number of amides is 1. The number of aromatic nitrogens is 3. The van der Waals surface area contributed by atoms with Crippen molar-refractivity contribution in [3.05, 3.63) is 41.8 Å². The Morgan fingerprint density at radius 3 is 2.52 bits per heavy atom. The van der Waals surface area contributed by atoms with Crippen LogP contribution in [0.15, 0.2) is 51.8 Å². The van der Waals surface area contributed by atoms with Crippen molar-refractivity contribution in [2.24, 2.45) is 0 Å². The third-order valence-electron chi connectivity index (χ3n) is 4.02. The molecule has 2 heterocycles. The summed E-state index contributed by atoms with van der Waals surface area (Å²) < 4.78 is 27.3. The van der Waals surface area contributed by atoms with Gasteiger partial charge in [0.2, 0.25) is 15.9 Å². The molecule has 0 spiro atoms. The molecule has 0 aliphatic carbocycles. The maximum Gasteiger partial charge on any atom is 0.242 e. The van der Waals surface area contributed by atoms with E-state index in [0.717, 1.165) is 15.0 Å². The maximum absolute atomic E-state index is 12.3. The summed E-state index contributed by atoms with van der Waals surface area (Å²) in [6, 6.07) is 10.0. The molecule has 0 fully saturated rings. The first-order valence-electron chi connectivity index (χ1n) is 8.75. The number of carbonyl (C=O) groups is 1. The van der Waals surface area contributed by atoms with E-state index < -0.39 is 10.0 Å². The average Bonchev–Trinajstić information content (AvgIpc) is 3.35. The highest BCUT2D eigenvalue weighted by Crippen LogP contribution is 2.27. The molecule has 1 N–H and O–H groups in total. The van der Waals surface area contributed by atoms with Gasteiger partial charge in [-0.05, 0) is 42.6 Å². The second-order valence-electron chi connectivity index (χ2n) is 6.18. The molecule has 11 heteroatoms. The van der Waals surface area contributed by atoms with E-state index in [1.54, 1.807) is 23.5 Å². The lowest BCUT2D eigenvalue weighted by Crippen LogP contribution is -2.22. The largest absolute Gasteiger partial charge is 0.325 e. The van der Waals surface area contributed by atoms with Gasteiger partial charge in [0.15, 0.2) is 11.0 Å². The minimum absolute atomic E-state index is 0.167. The van der Waals surface area contributed by atoms with Crippen LogP contribution in [0.2, 0.25) is 0 Å². The molecule has 0 aliphatic heterocycles. The number of carbonyl (C=O) groups excluding carboxylic acids is 1. The highest BCUT2D eigenvalue weighted by atomic mass is 32.2. The summed E-state index contributed by atoms with van der Waals surface area (Å²) in [5.41, 5.74) is 0.532. The van der Waals surface area contributed by atoms with E-state index in [1.165, 1.54) is 38.0 Å². The van der Waals surface area contributed by atoms with E-state index in [-0.39, 0.29) is 16.6 Å². The van der Waals surface area contributed by atoms with Crippen LogP contribution in [0.25, 0.3) is 10.7 Å². The number of nitrogens with zero attached hydrogens (tertiary/aromatic N) is 4. The van der Waals surface area contributed by atoms with Gasteiger partial charge in [0, 0.05) is 26.3 Å². The summed E-state index contributed by atoms with van der Waals surface area (Å²) >= 11 is 2.90. The predicted octanol–water partition coefficient (Wildman–Crippen LogP) is 3.01. The monoisotopic (exact) mass is 451 g/mol. The van der Waals surface area contributed by atoms with Gasteiger partial charge >= 0.3 is 0 Å². The van der Waals surface area contributed by atoms with Gasteiger partial charge in [-0.1, -0.05) is 17.8 Å². The second kappa shape index (κ2) is 9.08. The Morgan fingerprint density at radius 2 is 1.93 bits per heavy atom. The summed E-state index contributed by atoms with van der Waals surface area (Å²) in [4.78, 5) is 13.5. The van der Waals surface area contributed by atoms with Gasteiger partial charge in [0.25, 0.3) is 0 Å². The van der Waals surface area contributed by atoms with Crippen molar-refractivity contribution in [1.29, 1.82) is 0 Å². The second-order valence-corrected chi connectivity index (χ2v) is 10.2. The van der Waals surface area contributed by atoms with Crippen molar-refractivity contribution < 1.29 is 13.2 Å². The molecular weight excluding hydrogens is 430 g/mol. The summed E-state index contributed by atoms with van der Waals surface area (Å²) in [7, 11) is -0.546. The summed E-state index contributed by atoms with van der Waals surface area (Å²) in [5, 5.41) is 13.9. The van der Waals surface area contributed by atoms with E-state index in [0.29, 0.717) is 17.4 Å². The van der Waals surface area contributed by atoms with E-state index in [4.69, 9.17) is 0 Å². The molecule has 0 atom stereocenters. The minimum Gasteiger partial charge on any atom is -0.325 e. The summed E-state index contributed by atoms with van der Waals surface area (Å²) in [6.07, 6.45) is 0. The quantitative estimate of drug-likeness (QED) is 0.529. The number of hydrogen-bond acceptors (Lipinski definition) is 7. The van der Waals surface area contributed by atoms with E-state index >= 15 is 0 Å². The molecule has 0 saturated heterocycles. The number of sulfonamides is 1. The first-order valence-corrected chi connectivity index (χ1v) is 12.1. The Hall–Kier alpha value is -2.21. The molecule has 0 aliphatic rings. The Kier molecular flexibility index (Phi) is 6.73. The van der Waals surface area contributed by atoms with Crippen LogP contribution in [0.5, 0.6) is 0 Å². The van der Waals surface area contributed by atoms with Crippen molar-refractivity contribution in [3.8, 4) is 10.7 Å². The van der Waals surface area contributed by atoms with Crippen LogP contribution in [-0.4, -0.2) is 53.2 Å². The molecule has 1 amide bonds. The van der Waals surface area contributed by atoms with Crippen molar-refractivity contribution in [3.63, 3.8) is 0 Å². The number of benzene rings is 1. The highest BCUT2D eigenvalue weighted by molar-refractivity contribution is 7.99. The van der Waals surface area contributed by atoms with Crippen molar-refractivity contribution in [2.45, 2.75) is 23.5 Å². The van der Waals surface area contributed by atoms with Crippen molar-refractivity contribution in [2.75, 3.05) is 25.2 Å². The standard InChI is InChI=1S/C18H21N5O3S3/c1-4-23-17(15-6-5-11-27-15)20-21-18(23)28-12-16(24)19-13-7-9-14(10-8-13)29(25,26)22(2)3/h5-11H,4,12H2,1-3H3,(H,19,24). The van der Waals surface area contributed by atoms with Crippen molar-refractivity contribution >= 4 is 44.7 Å². The number of hydrogen-bond donors (Lipinski definition) is 1. The lowest BCUT2D eigenvalue weighted by atomic mass is 10.3. The van der Waals surface area contributed by atoms with Gasteiger partial charge < -0.3 is 9.88 Å².